The van der Waals surface area contributed by atoms with E-state index in [9.17, 15) is 4.79 Å². The maximum Gasteiger partial charge on any atom is 0.256 e. The van der Waals surface area contributed by atoms with E-state index in [-0.39, 0.29) is 11.9 Å². The number of nitrogens with zero attached hydrogens (tertiary/aromatic N) is 2. The molecule has 2 aromatic heterocycles. The summed E-state index contributed by atoms with van der Waals surface area (Å²) in [7, 11) is 0. The highest BCUT2D eigenvalue weighted by molar-refractivity contribution is 7.09. The van der Waals surface area contributed by atoms with E-state index in [2.05, 4.69) is 29.4 Å². The smallest absolute Gasteiger partial charge is 0.256 e. The lowest BCUT2D eigenvalue weighted by Crippen LogP contribution is -2.34. The number of hydrogen-bond acceptors (Lipinski definition) is 3. The van der Waals surface area contributed by atoms with Crippen LogP contribution < -0.4 is 0 Å². The summed E-state index contributed by atoms with van der Waals surface area (Å²) in [5, 5.41) is 2.07. The fourth-order valence-corrected chi connectivity index (χ4v) is 3.16. The first-order chi connectivity index (χ1) is 8.75. The molecule has 1 aliphatic rings. The topological polar surface area (TPSA) is 33.2 Å². The zero-order valence-corrected chi connectivity index (χ0v) is 11.0. The number of carbonyl (C=O) groups is 1. The van der Waals surface area contributed by atoms with Crippen LogP contribution in [0.2, 0.25) is 0 Å². The molecule has 0 N–H and O–H groups in total. The van der Waals surface area contributed by atoms with Crippen molar-refractivity contribution in [3.05, 3.63) is 52.0 Å². The summed E-state index contributed by atoms with van der Waals surface area (Å²) in [5.41, 5.74) is 1.66. The minimum absolute atomic E-state index is 0.113. The molecular weight excluding hydrogens is 244 g/mol. The maximum absolute atomic E-state index is 12.3. The minimum Gasteiger partial charge on any atom is -0.330 e. The van der Waals surface area contributed by atoms with Gasteiger partial charge in [-0.15, -0.1) is 11.3 Å². The van der Waals surface area contributed by atoms with E-state index in [1.807, 2.05) is 17.0 Å². The van der Waals surface area contributed by atoms with E-state index in [1.54, 1.807) is 17.5 Å². The molecule has 2 aromatic rings. The Hall–Kier alpha value is -1.68. The summed E-state index contributed by atoms with van der Waals surface area (Å²) >= 11 is 1.74. The van der Waals surface area contributed by atoms with Gasteiger partial charge in [0.05, 0.1) is 17.8 Å². The normalized spacial score (nSPS) is 15.8. The zero-order chi connectivity index (χ0) is 12.5. The van der Waals surface area contributed by atoms with E-state index < -0.39 is 0 Å². The van der Waals surface area contributed by atoms with Gasteiger partial charge in [0.25, 0.3) is 5.91 Å². The van der Waals surface area contributed by atoms with Crippen molar-refractivity contribution >= 4 is 17.2 Å². The van der Waals surface area contributed by atoms with Crippen LogP contribution in [0.15, 0.2) is 35.8 Å². The van der Waals surface area contributed by atoms with Crippen LogP contribution in [0.3, 0.4) is 0 Å². The van der Waals surface area contributed by atoms with E-state index in [4.69, 9.17) is 0 Å². The fraction of sp³-hybridized carbons (Fsp3) is 0.286. The standard InChI is InChI=1S/C14H14N2OS/c1-10(8-11-4-3-7-18-11)16-9-13-12(14(16)17)5-2-6-15-13/h2-7,10H,8-9H2,1H3/t10-/m1/s1. The fourth-order valence-electron chi connectivity index (χ4n) is 2.33. The van der Waals surface area contributed by atoms with Gasteiger partial charge in [-0.1, -0.05) is 6.07 Å². The van der Waals surface area contributed by atoms with Gasteiger partial charge in [-0.05, 0) is 30.5 Å². The molecule has 0 fully saturated rings. The summed E-state index contributed by atoms with van der Waals surface area (Å²) in [4.78, 5) is 19.8. The van der Waals surface area contributed by atoms with Crippen LogP contribution in [0.4, 0.5) is 0 Å². The van der Waals surface area contributed by atoms with Gasteiger partial charge in [-0.25, -0.2) is 0 Å². The van der Waals surface area contributed by atoms with Gasteiger partial charge in [0, 0.05) is 23.5 Å². The van der Waals surface area contributed by atoms with Gasteiger partial charge >= 0.3 is 0 Å². The Balaban J connectivity index is 1.78. The highest BCUT2D eigenvalue weighted by Crippen LogP contribution is 2.24. The number of aromatic nitrogens is 1. The number of amides is 1. The first-order valence-electron chi connectivity index (χ1n) is 6.03. The molecule has 0 bridgehead atoms. The monoisotopic (exact) mass is 258 g/mol. The summed E-state index contributed by atoms with van der Waals surface area (Å²) in [6.07, 6.45) is 2.66. The van der Waals surface area contributed by atoms with Crippen molar-refractivity contribution in [3.63, 3.8) is 0 Å². The largest absolute Gasteiger partial charge is 0.330 e. The van der Waals surface area contributed by atoms with Gasteiger partial charge in [-0.2, -0.15) is 0 Å². The van der Waals surface area contributed by atoms with Gasteiger partial charge in [-0.3, -0.25) is 9.78 Å². The van der Waals surface area contributed by atoms with Crippen molar-refractivity contribution in [1.82, 2.24) is 9.88 Å². The Labute approximate surface area is 110 Å². The Bertz CT molecular complexity index is 565. The second-order valence-corrected chi connectivity index (χ2v) is 5.60. The highest BCUT2D eigenvalue weighted by Gasteiger charge is 2.31. The van der Waals surface area contributed by atoms with Crippen LogP contribution in [0.1, 0.15) is 27.9 Å². The lowest BCUT2D eigenvalue weighted by atomic mass is 10.2. The quantitative estimate of drug-likeness (QED) is 0.848. The number of thiophene rings is 1. The third-order valence-electron chi connectivity index (χ3n) is 3.31. The molecular formula is C14H14N2OS. The predicted molar refractivity (Wildman–Crippen MR) is 71.6 cm³/mol. The lowest BCUT2D eigenvalue weighted by Gasteiger charge is -2.23. The average molecular weight is 258 g/mol. The molecule has 0 aromatic carbocycles. The first-order valence-corrected chi connectivity index (χ1v) is 6.91. The van der Waals surface area contributed by atoms with Crippen LogP contribution in [0.5, 0.6) is 0 Å². The molecule has 1 amide bonds. The summed E-state index contributed by atoms with van der Waals surface area (Å²) in [6.45, 7) is 2.74. The molecule has 0 saturated heterocycles. The molecule has 3 nitrogen and oxygen atoms in total. The summed E-state index contributed by atoms with van der Waals surface area (Å²) in [6, 6.07) is 8.07. The van der Waals surface area contributed by atoms with Crippen molar-refractivity contribution < 1.29 is 4.79 Å². The second-order valence-electron chi connectivity index (χ2n) is 4.56. The number of fused-ring (bicyclic) bond motifs is 1. The molecule has 3 heterocycles. The van der Waals surface area contributed by atoms with E-state index >= 15 is 0 Å². The predicted octanol–water partition coefficient (Wildman–Crippen LogP) is 2.73. The molecule has 0 aliphatic carbocycles. The molecule has 0 saturated carbocycles. The number of pyridine rings is 1. The number of rotatable bonds is 3. The molecule has 0 unspecified atom stereocenters. The van der Waals surface area contributed by atoms with Gasteiger partial charge in [0.1, 0.15) is 0 Å². The van der Waals surface area contributed by atoms with Crippen LogP contribution in [-0.2, 0) is 13.0 Å². The van der Waals surface area contributed by atoms with Crippen LogP contribution in [0, 0.1) is 0 Å². The molecule has 18 heavy (non-hydrogen) atoms. The molecule has 1 atom stereocenters. The molecule has 1 aliphatic heterocycles. The third-order valence-corrected chi connectivity index (χ3v) is 4.21. The van der Waals surface area contributed by atoms with Gasteiger partial charge in [0.2, 0.25) is 0 Å². The van der Waals surface area contributed by atoms with Crippen molar-refractivity contribution in [2.45, 2.75) is 25.9 Å². The molecule has 0 radical (unpaired) electrons. The van der Waals surface area contributed by atoms with Gasteiger partial charge < -0.3 is 4.90 Å². The van der Waals surface area contributed by atoms with E-state index in [1.165, 1.54) is 4.88 Å². The van der Waals surface area contributed by atoms with Crippen molar-refractivity contribution in [3.8, 4) is 0 Å². The summed E-state index contributed by atoms with van der Waals surface area (Å²) < 4.78 is 0. The first kappa shape index (κ1) is 11.4. The van der Waals surface area contributed by atoms with Crippen molar-refractivity contribution in [2.75, 3.05) is 0 Å². The number of hydrogen-bond donors (Lipinski definition) is 0. The van der Waals surface area contributed by atoms with Crippen LogP contribution in [0.25, 0.3) is 0 Å². The molecule has 4 heteroatoms. The highest BCUT2D eigenvalue weighted by atomic mass is 32.1. The van der Waals surface area contributed by atoms with E-state index in [0.29, 0.717) is 6.54 Å². The zero-order valence-electron chi connectivity index (χ0n) is 10.2. The van der Waals surface area contributed by atoms with Crippen LogP contribution >= 0.6 is 11.3 Å². The minimum atomic E-state index is 0.113. The molecule has 0 spiro atoms. The summed E-state index contributed by atoms with van der Waals surface area (Å²) in [5.74, 6) is 0.113. The van der Waals surface area contributed by atoms with Crippen LogP contribution in [-0.4, -0.2) is 21.8 Å². The second kappa shape index (κ2) is 4.53. The maximum atomic E-state index is 12.3. The Morgan fingerprint density at radius 3 is 3.06 bits per heavy atom. The van der Waals surface area contributed by atoms with Crippen molar-refractivity contribution in [2.24, 2.45) is 0 Å². The third kappa shape index (κ3) is 1.93. The van der Waals surface area contributed by atoms with Crippen molar-refractivity contribution in [1.29, 1.82) is 0 Å². The Morgan fingerprint density at radius 1 is 1.44 bits per heavy atom. The molecule has 92 valence electrons. The lowest BCUT2D eigenvalue weighted by molar-refractivity contribution is 0.0717. The molecule has 3 rings (SSSR count). The average Bonchev–Trinajstić information content (AvgIpc) is 2.98. The SMILES string of the molecule is C[C@H](Cc1cccs1)N1Cc2ncccc2C1=O. The van der Waals surface area contributed by atoms with E-state index in [0.717, 1.165) is 17.7 Å². The Kier molecular flexibility index (Phi) is 2.88. The Morgan fingerprint density at radius 2 is 2.33 bits per heavy atom. The number of carbonyl (C=O) groups excluding carboxylic acids is 1. The van der Waals surface area contributed by atoms with Gasteiger partial charge in [0.15, 0.2) is 0 Å².